The Morgan fingerprint density at radius 2 is 2.00 bits per heavy atom. The van der Waals surface area contributed by atoms with Gasteiger partial charge < -0.3 is 29.7 Å². The largest absolute Gasteiger partial charge is 0.495 e. The number of aromatic nitrogens is 2. The number of halogens is 2. The SMILES string of the molecule is COc1cc(C(=O)NC2CCN(C)CC2OC)c(F)cc1Nc1ncc(Cl)c(Oc2cccc3c2C(=O)N(OC)C3)n1. The van der Waals surface area contributed by atoms with E-state index in [4.69, 9.17) is 30.6 Å². The van der Waals surface area contributed by atoms with Crippen molar-refractivity contribution in [1.29, 1.82) is 0 Å². The van der Waals surface area contributed by atoms with E-state index in [1.165, 1.54) is 31.5 Å². The Labute approximate surface area is 246 Å². The van der Waals surface area contributed by atoms with Crippen molar-refractivity contribution >= 4 is 35.1 Å². The molecule has 5 rings (SSSR count). The monoisotopic (exact) mass is 600 g/mol. The van der Waals surface area contributed by atoms with Crippen LogP contribution in [-0.4, -0.2) is 85.4 Å². The molecule has 2 unspecified atom stereocenters. The van der Waals surface area contributed by atoms with E-state index < -0.39 is 11.7 Å². The highest BCUT2D eigenvalue weighted by molar-refractivity contribution is 6.31. The molecule has 42 heavy (non-hydrogen) atoms. The number of likely N-dealkylation sites (tertiary alicyclic amines) is 1. The number of carbonyl (C=O) groups is 2. The van der Waals surface area contributed by atoms with E-state index in [9.17, 15) is 9.59 Å². The lowest BCUT2D eigenvalue weighted by Gasteiger charge is -2.36. The maximum atomic E-state index is 15.2. The summed E-state index contributed by atoms with van der Waals surface area (Å²) in [6.45, 7) is 1.70. The van der Waals surface area contributed by atoms with Gasteiger partial charge in [-0.05, 0) is 37.7 Å². The number of hydroxylamine groups is 2. The summed E-state index contributed by atoms with van der Waals surface area (Å²) in [6, 6.07) is 7.31. The van der Waals surface area contributed by atoms with Crippen LogP contribution in [0.4, 0.5) is 16.0 Å². The molecular formula is C28H30ClFN6O6. The van der Waals surface area contributed by atoms with Gasteiger partial charge >= 0.3 is 0 Å². The second-order valence-corrected chi connectivity index (χ2v) is 10.2. The zero-order valence-corrected chi connectivity index (χ0v) is 24.2. The fraction of sp³-hybridized carbons (Fsp3) is 0.357. The summed E-state index contributed by atoms with van der Waals surface area (Å²) in [4.78, 5) is 41.4. The van der Waals surface area contributed by atoms with Crippen molar-refractivity contribution in [3.05, 3.63) is 64.1 Å². The number of amides is 2. The number of rotatable bonds is 9. The molecule has 0 bridgehead atoms. The zero-order chi connectivity index (χ0) is 30.0. The number of hydrogen-bond donors (Lipinski definition) is 2. The second kappa shape index (κ2) is 12.4. The van der Waals surface area contributed by atoms with Crippen LogP contribution in [0.25, 0.3) is 0 Å². The highest BCUT2D eigenvalue weighted by Crippen LogP contribution is 2.36. The molecule has 2 aromatic carbocycles. The molecule has 0 spiro atoms. The van der Waals surface area contributed by atoms with Crippen LogP contribution in [0.5, 0.6) is 17.4 Å². The quantitative estimate of drug-likeness (QED) is 0.374. The molecule has 2 aliphatic rings. The molecule has 3 heterocycles. The van der Waals surface area contributed by atoms with Gasteiger partial charge in [-0.2, -0.15) is 4.98 Å². The predicted molar refractivity (Wildman–Crippen MR) is 151 cm³/mol. The number of likely N-dealkylation sites (N-methyl/N-ethyl adjacent to an activating group) is 1. The van der Waals surface area contributed by atoms with Gasteiger partial charge in [-0.15, -0.1) is 0 Å². The standard InChI is InChI=1S/C28H30ClFN6O6/c1-35-9-8-19(23(14-35)40-3)32-25(37)16-10-22(39-2)20(11-18(16)30)33-28-31-12-17(29)26(34-28)42-21-7-5-6-15-13-36(41-4)27(38)24(15)21/h5-7,10-12,19,23H,8-9,13-14H2,1-4H3,(H,32,37)(H,31,33,34). The number of ether oxygens (including phenoxy) is 3. The van der Waals surface area contributed by atoms with Crippen LogP contribution in [0.1, 0.15) is 32.7 Å². The molecule has 0 aliphatic carbocycles. The molecule has 2 atom stereocenters. The minimum absolute atomic E-state index is 0.0102. The summed E-state index contributed by atoms with van der Waals surface area (Å²) in [5.41, 5.74) is 1.04. The first-order valence-electron chi connectivity index (χ1n) is 13.1. The first-order chi connectivity index (χ1) is 20.2. The highest BCUT2D eigenvalue weighted by Gasteiger charge is 2.32. The first-order valence-corrected chi connectivity index (χ1v) is 13.4. The van der Waals surface area contributed by atoms with Gasteiger partial charge in [0.15, 0.2) is 0 Å². The minimum Gasteiger partial charge on any atom is -0.495 e. The molecule has 2 amide bonds. The Bertz CT molecular complexity index is 1510. The third-order valence-electron chi connectivity index (χ3n) is 7.17. The van der Waals surface area contributed by atoms with Crippen molar-refractivity contribution < 1.29 is 33.0 Å². The third kappa shape index (κ3) is 5.95. The van der Waals surface area contributed by atoms with E-state index in [0.29, 0.717) is 18.5 Å². The van der Waals surface area contributed by atoms with Crippen LogP contribution in [0.3, 0.4) is 0 Å². The molecule has 12 nitrogen and oxygen atoms in total. The van der Waals surface area contributed by atoms with Crippen LogP contribution < -0.4 is 20.1 Å². The molecule has 1 aromatic heterocycles. The molecule has 1 fully saturated rings. The van der Waals surface area contributed by atoms with Gasteiger partial charge in [0, 0.05) is 19.7 Å². The summed E-state index contributed by atoms with van der Waals surface area (Å²) in [5.74, 6) is -1.31. The molecule has 0 saturated carbocycles. The van der Waals surface area contributed by atoms with Crippen molar-refractivity contribution in [2.75, 3.05) is 46.8 Å². The van der Waals surface area contributed by atoms with Gasteiger partial charge in [0.05, 0.1) is 55.9 Å². The lowest BCUT2D eigenvalue weighted by Crippen LogP contribution is -2.53. The minimum atomic E-state index is -0.774. The van der Waals surface area contributed by atoms with Gasteiger partial charge in [0.2, 0.25) is 11.8 Å². The Morgan fingerprint density at radius 3 is 2.74 bits per heavy atom. The van der Waals surface area contributed by atoms with Gasteiger partial charge in [-0.1, -0.05) is 23.7 Å². The van der Waals surface area contributed by atoms with Crippen molar-refractivity contribution in [3.8, 4) is 17.4 Å². The van der Waals surface area contributed by atoms with Crippen LogP contribution in [-0.2, 0) is 16.1 Å². The smallest absolute Gasteiger partial charge is 0.281 e. The normalized spacial score (nSPS) is 18.5. The predicted octanol–water partition coefficient (Wildman–Crippen LogP) is 3.78. The zero-order valence-electron chi connectivity index (χ0n) is 23.4. The molecule has 2 aliphatic heterocycles. The van der Waals surface area contributed by atoms with Gasteiger partial charge in [0.25, 0.3) is 11.8 Å². The number of piperidine rings is 1. The van der Waals surface area contributed by atoms with Crippen LogP contribution in [0.15, 0.2) is 36.5 Å². The number of fused-ring (bicyclic) bond motifs is 1. The van der Waals surface area contributed by atoms with Crippen molar-refractivity contribution in [2.45, 2.75) is 25.1 Å². The molecular weight excluding hydrogens is 571 g/mol. The second-order valence-electron chi connectivity index (χ2n) is 9.83. The number of carbonyl (C=O) groups excluding carboxylic acids is 2. The van der Waals surface area contributed by atoms with Gasteiger partial charge in [0.1, 0.15) is 22.3 Å². The number of nitrogens with one attached hydrogen (secondary N) is 2. The Kier molecular flexibility index (Phi) is 8.73. The maximum Gasteiger partial charge on any atom is 0.281 e. The number of anilines is 2. The summed E-state index contributed by atoms with van der Waals surface area (Å²) in [6.07, 6.45) is 1.75. The highest BCUT2D eigenvalue weighted by atomic mass is 35.5. The summed E-state index contributed by atoms with van der Waals surface area (Å²) >= 11 is 6.30. The number of hydrogen-bond acceptors (Lipinski definition) is 10. The van der Waals surface area contributed by atoms with Crippen molar-refractivity contribution in [3.63, 3.8) is 0 Å². The Hall–Kier alpha value is -4.04. The Morgan fingerprint density at radius 1 is 1.19 bits per heavy atom. The topological polar surface area (TPSA) is 127 Å². The lowest BCUT2D eigenvalue weighted by atomic mass is 10.0. The Balaban J connectivity index is 1.35. The van der Waals surface area contributed by atoms with Crippen molar-refractivity contribution in [2.24, 2.45) is 0 Å². The average Bonchev–Trinajstić information content (AvgIpc) is 3.31. The lowest BCUT2D eigenvalue weighted by molar-refractivity contribution is -0.0957. The number of methoxy groups -OCH3 is 2. The molecule has 2 N–H and O–H groups in total. The third-order valence-corrected chi connectivity index (χ3v) is 7.43. The summed E-state index contributed by atoms with van der Waals surface area (Å²) in [7, 11) is 6.37. The van der Waals surface area contributed by atoms with E-state index in [2.05, 4.69) is 25.5 Å². The van der Waals surface area contributed by atoms with Gasteiger partial charge in [-0.3, -0.25) is 14.4 Å². The van der Waals surface area contributed by atoms with Crippen LogP contribution in [0.2, 0.25) is 5.02 Å². The van der Waals surface area contributed by atoms with E-state index in [1.807, 2.05) is 7.05 Å². The number of benzene rings is 2. The van der Waals surface area contributed by atoms with Crippen LogP contribution in [0, 0.1) is 5.82 Å². The molecule has 14 heteroatoms. The molecule has 0 radical (unpaired) electrons. The van der Waals surface area contributed by atoms with Gasteiger partial charge in [-0.25, -0.2) is 14.4 Å². The van der Waals surface area contributed by atoms with E-state index >= 15 is 4.39 Å². The average molecular weight is 601 g/mol. The van der Waals surface area contributed by atoms with E-state index in [1.54, 1.807) is 25.3 Å². The van der Waals surface area contributed by atoms with Crippen molar-refractivity contribution in [1.82, 2.24) is 25.2 Å². The molecule has 1 saturated heterocycles. The summed E-state index contributed by atoms with van der Waals surface area (Å²) < 4.78 is 32.1. The van der Waals surface area contributed by atoms with E-state index in [-0.39, 0.29) is 64.2 Å². The fourth-order valence-electron chi connectivity index (χ4n) is 4.96. The molecule has 222 valence electrons. The summed E-state index contributed by atoms with van der Waals surface area (Å²) in [5, 5.41) is 7.06. The maximum absolute atomic E-state index is 15.2. The van der Waals surface area contributed by atoms with E-state index in [0.717, 1.165) is 18.2 Å². The fourth-order valence-corrected chi connectivity index (χ4v) is 5.09. The first kappa shape index (κ1) is 29.5. The molecule has 3 aromatic rings. The number of nitrogens with zero attached hydrogens (tertiary/aromatic N) is 4. The van der Waals surface area contributed by atoms with Crippen LogP contribution >= 0.6 is 11.6 Å².